The number of hydrogen-bond donors (Lipinski definition) is 0. The van der Waals surface area contributed by atoms with Crippen molar-refractivity contribution in [2.75, 3.05) is 0 Å². The van der Waals surface area contributed by atoms with E-state index in [0.29, 0.717) is 0 Å². The van der Waals surface area contributed by atoms with Gasteiger partial charge in [-0.1, -0.05) is 11.6 Å². The molecule has 0 aliphatic carbocycles. The van der Waals surface area contributed by atoms with Crippen LogP contribution in [0.2, 0.25) is 5.02 Å². The van der Waals surface area contributed by atoms with Crippen molar-refractivity contribution in [1.29, 1.82) is 0 Å². The van der Waals surface area contributed by atoms with Gasteiger partial charge in [0.1, 0.15) is 10.8 Å². The fraction of sp³-hybridized carbons (Fsp3) is 0.111. The number of hydrogen-bond acceptors (Lipinski definition) is 5. The molecule has 0 N–H and O–H groups in total. The zero-order chi connectivity index (χ0) is 12.3. The molecule has 0 saturated heterocycles. The van der Waals surface area contributed by atoms with E-state index in [2.05, 4.69) is 4.74 Å². The molecule has 1 aromatic rings. The van der Waals surface area contributed by atoms with Gasteiger partial charge in [-0.15, -0.1) is 0 Å². The van der Waals surface area contributed by atoms with Gasteiger partial charge in [-0.3, -0.25) is 14.9 Å². The Kier molecular flexibility index (Phi) is 7.06. The first kappa shape index (κ1) is 16.7. The van der Waals surface area contributed by atoms with Crippen molar-refractivity contribution in [2.24, 2.45) is 0 Å². The van der Waals surface area contributed by atoms with Crippen LogP contribution in [0.3, 0.4) is 0 Å². The van der Waals surface area contributed by atoms with Gasteiger partial charge in [-0.05, 0) is 12.1 Å². The van der Waals surface area contributed by atoms with E-state index < -0.39 is 22.4 Å². The second-order valence-electron chi connectivity index (χ2n) is 2.82. The summed E-state index contributed by atoms with van der Waals surface area (Å²) in [5.74, 6) is -1.98. The molecule has 0 heterocycles. The van der Waals surface area contributed by atoms with Crippen LogP contribution in [0.25, 0.3) is 0 Å². The molecule has 6 nitrogen and oxygen atoms in total. The van der Waals surface area contributed by atoms with E-state index in [1.165, 1.54) is 12.1 Å². The third-order valence-corrected chi connectivity index (χ3v) is 1.93. The second kappa shape index (κ2) is 7.19. The molecule has 0 atom stereocenters. The van der Waals surface area contributed by atoms with E-state index in [4.69, 9.17) is 11.6 Å². The van der Waals surface area contributed by atoms with E-state index >= 15 is 0 Å². The van der Waals surface area contributed by atoms with Crippen LogP contribution in [0, 0.1) is 10.1 Å². The summed E-state index contributed by atoms with van der Waals surface area (Å²) in [5, 5.41) is 10.4. The Labute approximate surface area is 145 Å². The summed E-state index contributed by atoms with van der Waals surface area (Å²) in [6.45, 7) is 1.03. The topological polar surface area (TPSA) is 86.5 Å². The summed E-state index contributed by atoms with van der Waals surface area (Å²) >= 11 is 5.54. The molecule has 0 amide bonds. The van der Waals surface area contributed by atoms with E-state index in [1.807, 2.05) is 0 Å². The third-order valence-electron chi connectivity index (χ3n) is 1.61. The van der Waals surface area contributed by atoms with Crippen molar-refractivity contribution in [1.82, 2.24) is 0 Å². The van der Waals surface area contributed by atoms with Crippen LogP contribution in [-0.2, 0) is 9.59 Å². The molecule has 0 saturated carbocycles. The quantitative estimate of drug-likeness (QED) is 0.175. The smallest absolute Gasteiger partial charge is 1.00 e. The maximum Gasteiger partial charge on any atom is 1.00 e. The number of rotatable bonds is 3. The van der Waals surface area contributed by atoms with E-state index in [-0.39, 0.29) is 63.6 Å². The summed E-state index contributed by atoms with van der Waals surface area (Å²) in [6, 6.07) is 3.45. The second-order valence-corrected chi connectivity index (χ2v) is 3.22. The largest absolute Gasteiger partial charge is 1.00 e. The molecule has 17 heavy (non-hydrogen) atoms. The Morgan fingerprint density at radius 3 is 2.53 bits per heavy atom. The van der Waals surface area contributed by atoms with Crippen molar-refractivity contribution in [3.63, 3.8) is 0 Å². The van der Waals surface area contributed by atoms with E-state index in [0.717, 1.165) is 13.0 Å². The standard InChI is InChI=1S/C9H6ClNO5.K.H/c1-5(12)9(13)16-6-2-3-7(10)8(4-6)11(14)15;;/h2-4H,1H3;;/q;+1;-1. The van der Waals surface area contributed by atoms with Crippen LogP contribution in [-0.4, -0.2) is 16.7 Å². The Morgan fingerprint density at radius 2 is 2.06 bits per heavy atom. The zero-order valence-electron chi connectivity index (χ0n) is 10.1. The van der Waals surface area contributed by atoms with Gasteiger partial charge in [0.2, 0.25) is 5.78 Å². The Balaban J connectivity index is 0. The number of Topliss-reactive ketones (excluding diaryl/α,β-unsaturated/α-hetero) is 1. The molecule has 0 bridgehead atoms. The summed E-state index contributed by atoms with van der Waals surface area (Å²) in [7, 11) is 0. The maximum atomic E-state index is 10.9. The monoisotopic (exact) mass is 283 g/mol. The first-order chi connectivity index (χ1) is 7.41. The molecule has 0 aromatic heterocycles. The number of carbonyl (C=O) groups is 2. The number of nitro groups is 1. The average Bonchev–Trinajstić information content (AvgIpc) is 2.20. The molecule has 0 unspecified atom stereocenters. The normalized spacial score (nSPS) is 9.06. The van der Waals surface area contributed by atoms with Crippen LogP contribution >= 0.6 is 11.6 Å². The molecule has 1 aromatic carbocycles. The fourth-order valence-electron chi connectivity index (χ4n) is 0.875. The van der Waals surface area contributed by atoms with Crippen molar-refractivity contribution in [3.8, 4) is 5.75 Å². The molecule has 0 radical (unpaired) electrons. The van der Waals surface area contributed by atoms with E-state index in [1.54, 1.807) is 0 Å². The molecular weight excluding hydrogens is 277 g/mol. The van der Waals surface area contributed by atoms with Gasteiger partial charge in [-0.25, -0.2) is 4.79 Å². The summed E-state index contributed by atoms with van der Waals surface area (Å²) in [5.41, 5.74) is -0.393. The number of halogens is 1. The molecular formula is C9H7ClKNO5. The van der Waals surface area contributed by atoms with Crippen molar-refractivity contribution >= 4 is 29.0 Å². The zero-order valence-corrected chi connectivity index (χ0v) is 13.0. The van der Waals surface area contributed by atoms with Gasteiger partial charge in [0.15, 0.2) is 0 Å². The Bertz CT molecular complexity index is 482. The fourth-order valence-corrected chi connectivity index (χ4v) is 1.06. The first-order valence-corrected chi connectivity index (χ1v) is 4.46. The number of benzene rings is 1. The van der Waals surface area contributed by atoms with Crippen molar-refractivity contribution in [2.45, 2.75) is 6.92 Å². The number of ketones is 1. The summed E-state index contributed by atoms with van der Waals surface area (Å²) in [4.78, 5) is 31.3. The number of carbonyl (C=O) groups excluding carboxylic acids is 2. The minimum atomic E-state index is -1.09. The van der Waals surface area contributed by atoms with Crippen LogP contribution in [0.4, 0.5) is 5.69 Å². The van der Waals surface area contributed by atoms with Crippen molar-refractivity contribution < 1.29 is 72.1 Å². The summed E-state index contributed by atoms with van der Waals surface area (Å²) < 4.78 is 4.57. The predicted molar refractivity (Wildman–Crippen MR) is 55.5 cm³/mol. The van der Waals surface area contributed by atoms with Crippen LogP contribution in [0.1, 0.15) is 8.35 Å². The van der Waals surface area contributed by atoms with Gasteiger partial charge < -0.3 is 6.16 Å². The van der Waals surface area contributed by atoms with Gasteiger partial charge in [0.25, 0.3) is 5.69 Å². The number of nitrogens with zero attached hydrogens (tertiary/aromatic N) is 1. The minimum Gasteiger partial charge on any atom is -1.00 e. The molecule has 0 aliphatic heterocycles. The Hall–Kier alpha value is -0.314. The average molecular weight is 284 g/mol. The van der Waals surface area contributed by atoms with Crippen LogP contribution in [0.5, 0.6) is 5.75 Å². The van der Waals surface area contributed by atoms with Gasteiger partial charge in [-0.2, -0.15) is 0 Å². The van der Waals surface area contributed by atoms with Crippen LogP contribution in [0.15, 0.2) is 18.2 Å². The SMILES string of the molecule is CC(=O)C(=O)Oc1ccc(Cl)c([N+](=O)[O-])c1.[H-].[K+]. The summed E-state index contributed by atoms with van der Waals surface area (Å²) in [6.07, 6.45) is 0. The molecule has 0 spiro atoms. The maximum absolute atomic E-state index is 10.9. The van der Waals surface area contributed by atoms with Crippen molar-refractivity contribution in [3.05, 3.63) is 33.3 Å². The minimum absolute atomic E-state index is 0. The van der Waals surface area contributed by atoms with Gasteiger partial charge in [0, 0.05) is 6.92 Å². The first-order valence-electron chi connectivity index (χ1n) is 4.08. The molecule has 1 rings (SSSR count). The molecule has 86 valence electrons. The predicted octanol–water partition coefficient (Wildman–Crippen LogP) is -1.14. The van der Waals surface area contributed by atoms with Crippen LogP contribution < -0.4 is 56.1 Å². The number of esters is 1. The number of nitro benzene ring substituents is 1. The Morgan fingerprint density at radius 1 is 1.47 bits per heavy atom. The molecule has 0 fully saturated rings. The number of ether oxygens (including phenoxy) is 1. The third kappa shape index (κ3) is 4.82. The van der Waals surface area contributed by atoms with Gasteiger partial charge in [0.05, 0.1) is 11.0 Å². The van der Waals surface area contributed by atoms with Gasteiger partial charge >= 0.3 is 57.4 Å². The molecule has 0 aliphatic rings. The molecule has 8 heteroatoms. The van der Waals surface area contributed by atoms with E-state index in [9.17, 15) is 19.7 Å².